The van der Waals surface area contributed by atoms with Crippen molar-refractivity contribution in [3.63, 3.8) is 0 Å². The first-order valence-corrected chi connectivity index (χ1v) is 16.1. The van der Waals surface area contributed by atoms with E-state index in [1.807, 2.05) is 24.3 Å². The average Bonchev–Trinajstić information content (AvgIpc) is 3.19. The summed E-state index contributed by atoms with van der Waals surface area (Å²) in [4.78, 5) is 15.3. The highest BCUT2D eigenvalue weighted by atomic mass is 15.0. The van der Waals surface area contributed by atoms with E-state index >= 15 is 0 Å². The van der Waals surface area contributed by atoms with E-state index in [9.17, 15) is 0 Å². The largest absolute Gasteiger partial charge is 0.208 e. The van der Waals surface area contributed by atoms with Gasteiger partial charge < -0.3 is 0 Å². The molecule has 0 fully saturated rings. The van der Waals surface area contributed by atoms with Gasteiger partial charge >= 0.3 is 0 Å². The minimum Gasteiger partial charge on any atom is -0.208 e. The maximum Gasteiger partial charge on any atom is 0.164 e. The van der Waals surface area contributed by atoms with E-state index in [0.29, 0.717) is 17.5 Å². The van der Waals surface area contributed by atoms with Crippen LogP contribution in [0.2, 0.25) is 0 Å². The van der Waals surface area contributed by atoms with Crippen molar-refractivity contribution in [2.45, 2.75) is 0 Å². The first-order valence-electron chi connectivity index (χ1n) is 16.1. The van der Waals surface area contributed by atoms with E-state index in [1.165, 1.54) is 16.7 Å². The lowest BCUT2D eigenvalue weighted by Crippen LogP contribution is -2.01. The molecule has 0 saturated carbocycles. The van der Waals surface area contributed by atoms with Crippen molar-refractivity contribution in [2.75, 3.05) is 0 Å². The molecule has 0 aliphatic heterocycles. The lowest BCUT2D eigenvalue weighted by atomic mass is 9.94. The minimum atomic E-state index is 0.630. The van der Waals surface area contributed by atoms with Gasteiger partial charge in [-0.2, -0.15) is 0 Å². The van der Waals surface area contributed by atoms with Crippen LogP contribution < -0.4 is 0 Å². The fourth-order valence-electron chi connectivity index (χ4n) is 6.17. The zero-order valence-corrected chi connectivity index (χ0v) is 26.2. The van der Waals surface area contributed by atoms with Crippen molar-refractivity contribution in [1.82, 2.24) is 15.0 Å². The summed E-state index contributed by atoms with van der Waals surface area (Å²) in [6.45, 7) is 0. The van der Waals surface area contributed by atoms with Gasteiger partial charge in [-0.1, -0.05) is 182 Å². The quantitative estimate of drug-likeness (QED) is 0.179. The van der Waals surface area contributed by atoms with Gasteiger partial charge in [0.05, 0.1) is 0 Å². The molecule has 0 unspecified atom stereocenters. The molecular weight excluding hydrogens is 583 g/mol. The van der Waals surface area contributed by atoms with Gasteiger partial charge in [0.25, 0.3) is 0 Å². The fourth-order valence-corrected chi connectivity index (χ4v) is 6.17. The number of hydrogen-bond acceptors (Lipinski definition) is 3. The fraction of sp³-hybridized carbons (Fsp3) is 0. The van der Waals surface area contributed by atoms with Crippen LogP contribution in [0.5, 0.6) is 0 Å². The predicted molar refractivity (Wildman–Crippen MR) is 198 cm³/mol. The number of rotatable bonds is 7. The molecule has 0 spiro atoms. The molecule has 7 aromatic carbocycles. The molecular formula is C45H31N3. The second-order valence-electron chi connectivity index (χ2n) is 11.7. The summed E-state index contributed by atoms with van der Waals surface area (Å²) in [5.74, 6) is 1.90. The topological polar surface area (TPSA) is 38.7 Å². The van der Waals surface area contributed by atoms with Crippen LogP contribution in [-0.4, -0.2) is 15.0 Å². The molecule has 0 saturated heterocycles. The molecule has 1 aromatic heterocycles. The molecule has 0 bridgehead atoms. The smallest absolute Gasteiger partial charge is 0.164 e. The molecule has 0 radical (unpaired) electrons. The van der Waals surface area contributed by atoms with Crippen LogP contribution in [0, 0.1) is 0 Å². The maximum absolute atomic E-state index is 5.11. The number of aromatic nitrogens is 3. The van der Waals surface area contributed by atoms with Gasteiger partial charge in [0, 0.05) is 16.7 Å². The average molecular weight is 614 g/mol. The van der Waals surface area contributed by atoms with Crippen LogP contribution in [0.1, 0.15) is 0 Å². The van der Waals surface area contributed by atoms with Crippen LogP contribution in [0.15, 0.2) is 188 Å². The standard InChI is InChI=1S/C45H31N3/c1-4-15-32(16-5-1)37-21-14-22-38(31-37)44-46-43(47-45(48-44)42-26-13-12-25-41(42)34-19-8-3-9-20-34)36-29-27-35(28-30-36)40-24-11-10-23-39(40)33-17-6-2-7-18-33/h1-31H. The van der Waals surface area contributed by atoms with Gasteiger partial charge in [-0.3, -0.25) is 0 Å². The van der Waals surface area contributed by atoms with Crippen molar-refractivity contribution < 1.29 is 0 Å². The number of nitrogens with zero attached hydrogens (tertiary/aromatic N) is 3. The first-order chi connectivity index (χ1) is 23.8. The Bertz CT molecular complexity index is 2310. The molecule has 8 aromatic rings. The van der Waals surface area contributed by atoms with E-state index in [-0.39, 0.29) is 0 Å². The predicted octanol–water partition coefficient (Wildman–Crippen LogP) is 11.5. The first kappa shape index (κ1) is 29.0. The summed E-state index contributed by atoms with van der Waals surface area (Å²) in [6, 6.07) is 65.1. The molecule has 0 aliphatic carbocycles. The monoisotopic (exact) mass is 613 g/mol. The summed E-state index contributed by atoms with van der Waals surface area (Å²) < 4.78 is 0. The van der Waals surface area contributed by atoms with Crippen LogP contribution in [0.25, 0.3) is 78.7 Å². The SMILES string of the molecule is c1ccc(-c2cccc(-c3nc(-c4ccc(-c5ccccc5-c5ccccc5)cc4)nc(-c4ccccc4-c4ccccc4)n3)c2)cc1. The van der Waals surface area contributed by atoms with E-state index in [0.717, 1.165) is 44.5 Å². The molecule has 0 atom stereocenters. The molecule has 8 rings (SSSR count). The van der Waals surface area contributed by atoms with Crippen molar-refractivity contribution in [1.29, 1.82) is 0 Å². The van der Waals surface area contributed by atoms with E-state index in [2.05, 4.69) is 164 Å². The number of hydrogen-bond donors (Lipinski definition) is 0. The molecule has 0 N–H and O–H groups in total. The molecule has 3 nitrogen and oxygen atoms in total. The van der Waals surface area contributed by atoms with Crippen LogP contribution in [-0.2, 0) is 0 Å². The van der Waals surface area contributed by atoms with E-state index in [4.69, 9.17) is 15.0 Å². The van der Waals surface area contributed by atoms with Gasteiger partial charge in [-0.15, -0.1) is 0 Å². The van der Waals surface area contributed by atoms with Gasteiger partial charge in [-0.05, 0) is 50.6 Å². The molecule has 226 valence electrons. The highest BCUT2D eigenvalue weighted by Crippen LogP contribution is 2.35. The van der Waals surface area contributed by atoms with Crippen molar-refractivity contribution in [3.05, 3.63) is 188 Å². The van der Waals surface area contributed by atoms with Crippen molar-refractivity contribution >= 4 is 0 Å². The van der Waals surface area contributed by atoms with Gasteiger partial charge in [0.15, 0.2) is 17.5 Å². The summed E-state index contributed by atoms with van der Waals surface area (Å²) in [6.07, 6.45) is 0. The van der Waals surface area contributed by atoms with Crippen molar-refractivity contribution in [3.8, 4) is 78.7 Å². The van der Waals surface area contributed by atoms with Gasteiger partial charge in [-0.25, -0.2) is 15.0 Å². The summed E-state index contributed by atoms with van der Waals surface area (Å²) in [5, 5.41) is 0. The van der Waals surface area contributed by atoms with Gasteiger partial charge in [0.1, 0.15) is 0 Å². The Kier molecular flexibility index (Phi) is 7.92. The Balaban J connectivity index is 1.26. The highest BCUT2D eigenvalue weighted by molar-refractivity contribution is 5.85. The van der Waals surface area contributed by atoms with Crippen LogP contribution >= 0.6 is 0 Å². The Morgan fingerprint density at radius 2 is 0.562 bits per heavy atom. The van der Waals surface area contributed by atoms with Gasteiger partial charge in [0.2, 0.25) is 0 Å². The third kappa shape index (κ3) is 5.93. The Morgan fingerprint density at radius 1 is 0.208 bits per heavy atom. The van der Waals surface area contributed by atoms with E-state index < -0.39 is 0 Å². The summed E-state index contributed by atoms with van der Waals surface area (Å²) >= 11 is 0. The molecule has 0 amide bonds. The van der Waals surface area contributed by atoms with E-state index in [1.54, 1.807) is 0 Å². The Hall–Kier alpha value is -6.45. The zero-order chi connectivity index (χ0) is 32.1. The minimum absolute atomic E-state index is 0.630. The number of benzene rings is 7. The molecule has 3 heteroatoms. The zero-order valence-electron chi connectivity index (χ0n) is 26.2. The third-order valence-electron chi connectivity index (χ3n) is 8.58. The van der Waals surface area contributed by atoms with Crippen molar-refractivity contribution in [2.24, 2.45) is 0 Å². The highest BCUT2D eigenvalue weighted by Gasteiger charge is 2.16. The lowest BCUT2D eigenvalue weighted by Gasteiger charge is -2.13. The normalized spacial score (nSPS) is 10.9. The van der Waals surface area contributed by atoms with Crippen LogP contribution in [0.4, 0.5) is 0 Å². The third-order valence-corrected chi connectivity index (χ3v) is 8.58. The second kappa shape index (κ2) is 13.1. The maximum atomic E-state index is 5.11. The molecule has 48 heavy (non-hydrogen) atoms. The summed E-state index contributed by atoms with van der Waals surface area (Å²) in [7, 11) is 0. The Morgan fingerprint density at radius 3 is 1.12 bits per heavy atom. The second-order valence-corrected chi connectivity index (χ2v) is 11.7. The lowest BCUT2D eigenvalue weighted by molar-refractivity contribution is 1.07. The van der Waals surface area contributed by atoms with Crippen LogP contribution in [0.3, 0.4) is 0 Å². The Labute approximate surface area is 280 Å². The molecule has 1 heterocycles. The summed E-state index contributed by atoms with van der Waals surface area (Å²) in [5.41, 5.74) is 12.0. The molecule has 0 aliphatic rings.